The van der Waals surface area contributed by atoms with Crippen molar-refractivity contribution < 1.29 is 9.59 Å². The Morgan fingerprint density at radius 1 is 1.54 bits per heavy atom. The minimum absolute atomic E-state index is 0.127. The van der Waals surface area contributed by atoms with Gasteiger partial charge in [-0.1, -0.05) is 11.6 Å². The van der Waals surface area contributed by atoms with Gasteiger partial charge in [-0.15, -0.1) is 0 Å². The molecule has 0 radical (unpaired) electrons. The molecule has 1 rings (SSSR count). The molecule has 0 aliphatic heterocycles. The molecule has 0 atom stereocenters. The van der Waals surface area contributed by atoms with Crippen molar-refractivity contribution in [3.8, 4) is 0 Å². The Balaban J connectivity index is 3.47. The third-order valence-electron chi connectivity index (χ3n) is 1.60. The highest BCUT2D eigenvalue weighted by atomic mass is 127. The monoisotopic (exact) mass is 308 g/mol. The van der Waals surface area contributed by atoms with Crippen molar-refractivity contribution in [2.24, 2.45) is 0 Å². The lowest BCUT2D eigenvalue weighted by atomic mass is 10.1. The Labute approximate surface area is 94.4 Å². The topological polar surface area (TPSA) is 34.1 Å². The van der Waals surface area contributed by atoms with E-state index in [2.05, 4.69) is 0 Å². The molecule has 1 aromatic rings. The number of ketones is 1. The number of benzene rings is 1. The van der Waals surface area contributed by atoms with Crippen LogP contribution in [0.3, 0.4) is 0 Å². The minimum atomic E-state index is -0.127. The van der Waals surface area contributed by atoms with Crippen molar-refractivity contribution in [2.75, 3.05) is 0 Å². The normalized spacial score (nSPS) is 9.77. The van der Waals surface area contributed by atoms with Crippen LogP contribution in [0, 0.1) is 3.57 Å². The molecule has 0 aliphatic rings. The highest BCUT2D eigenvalue weighted by Gasteiger charge is 2.12. The summed E-state index contributed by atoms with van der Waals surface area (Å²) in [7, 11) is 0. The standard InChI is InChI=1S/C9H6ClIO2/c1-5(13)8-7(10)3-2-6(4-12)9(8)11/h2-4H,1H3. The molecular weight excluding hydrogens is 302 g/mol. The zero-order chi connectivity index (χ0) is 10.0. The van der Waals surface area contributed by atoms with E-state index in [1.165, 1.54) is 6.92 Å². The molecule has 0 heterocycles. The van der Waals surface area contributed by atoms with Crippen molar-refractivity contribution in [3.05, 3.63) is 31.9 Å². The van der Waals surface area contributed by atoms with Gasteiger partial charge in [0.05, 0.1) is 5.02 Å². The van der Waals surface area contributed by atoms with Gasteiger partial charge in [0, 0.05) is 14.7 Å². The fraction of sp³-hybridized carbons (Fsp3) is 0.111. The van der Waals surface area contributed by atoms with Crippen LogP contribution in [0.25, 0.3) is 0 Å². The molecule has 2 nitrogen and oxygen atoms in total. The average Bonchev–Trinajstić information content (AvgIpc) is 2.04. The van der Waals surface area contributed by atoms with Crippen molar-refractivity contribution in [2.45, 2.75) is 6.92 Å². The largest absolute Gasteiger partial charge is 0.298 e. The van der Waals surface area contributed by atoms with Gasteiger partial charge in [0.2, 0.25) is 0 Å². The molecule has 0 spiro atoms. The van der Waals surface area contributed by atoms with E-state index in [9.17, 15) is 9.59 Å². The van der Waals surface area contributed by atoms with Gasteiger partial charge < -0.3 is 0 Å². The lowest BCUT2D eigenvalue weighted by molar-refractivity contribution is 0.101. The van der Waals surface area contributed by atoms with Gasteiger partial charge in [0.15, 0.2) is 12.1 Å². The molecule has 0 amide bonds. The lowest BCUT2D eigenvalue weighted by Gasteiger charge is -2.04. The number of carbonyl (C=O) groups excluding carboxylic acids is 2. The highest BCUT2D eigenvalue weighted by Crippen LogP contribution is 2.24. The smallest absolute Gasteiger partial charge is 0.162 e. The Morgan fingerprint density at radius 2 is 2.15 bits per heavy atom. The Hall–Kier alpha value is -0.420. The molecular formula is C9H6ClIO2. The summed E-state index contributed by atoms with van der Waals surface area (Å²) in [5, 5.41) is 0.391. The highest BCUT2D eigenvalue weighted by molar-refractivity contribution is 14.1. The van der Waals surface area contributed by atoms with Crippen LogP contribution in [-0.4, -0.2) is 12.1 Å². The number of carbonyl (C=O) groups is 2. The Bertz CT molecular complexity index is 374. The Kier molecular flexibility index (Phi) is 3.44. The van der Waals surface area contributed by atoms with E-state index in [0.29, 0.717) is 26.0 Å². The van der Waals surface area contributed by atoms with Gasteiger partial charge in [-0.3, -0.25) is 9.59 Å². The van der Waals surface area contributed by atoms with E-state index in [0.717, 1.165) is 0 Å². The molecule has 0 N–H and O–H groups in total. The summed E-state index contributed by atoms with van der Waals surface area (Å²) in [5.74, 6) is -0.127. The predicted octanol–water partition coefficient (Wildman–Crippen LogP) is 2.96. The maximum atomic E-state index is 11.2. The Morgan fingerprint density at radius 3 is 2.62 bits per heavy atom. The van der Waals surface area contributed by atoms with Crippen LogP contribution in [0.2, 0.25) is 5.02 Å². The maximum absolute atomic E-state index is 11.2. The van der Waals surface area contributed by atoms with Gasteiger partial charge in [0.1, 0.15) is 0 Å². The van der Waals surface area contributed by atoms with Crippen molar-refractivity contribution in [3.63, 3.8) is 0 Å². The number of rotatable bonds is 2. The molecule has 0 bridgehead atoms. The van der Waals surface area contributed by atoms with Crippen LogP contribution in [0.5, 0.6) is 0 Å². The van der Waals surface area contributed by atoms with Gasteiger partial charge in [0.25, 0.3) is 0 Å². The first-order chi connectivity index (χ1) is 6.07. The van der Waals surface area contributed by atoms with Crippen LogP contribution in [0.1, 0.15) is 27.6 Å². The molecule has 0 fully saturated rings. The third-order valence-corrected chi connectivity index (χ3v) is 3.08. The first-order valence-electron chi connectivity index (χ1n) is 3.52. The first kappa shape index (κ1) is 10.7. The fourth-order valence-electron chi connectivity index (χ4n) is 0.982. The van der Waals surface area contributed by atoms with Crippen LogP contribution < -0.4 is 0 Å². The minimum Gasteiger partial charge on any atom is -0.298 e. The second kappa shape index (κ2) is 4.19. The van der Waals surface area contributed by atoms with Crippen molar-refractivity contribution in [1.29, 1.82) is 0 Å². The van der Waals surface area contributed by atoms with E-state index in [1.54, 1.807) is 12.1 Å². The molecule has 0 unspecified atom stereocenters. The van der Waals surface area contributed by atoms with Gasteiger partial charge >= 0.3 is 0 Å². The van der Waals surface area contributed by atoms with Crippen molar-refractivity contribution >= 4 is 46.3 Å². The van der Waals surface area contributed by atoms with Gasteiger partial charge in [-0.05, 0) is 41.6 Å². The SMILES string of the molecule is CC(=O)c1c(Cl)ccc(C=O)c1I. The van der Waals surface area contributed by atoms with Crippen LogP contribution in [0.4, 0.5) is 0 Å². The zero-order valence-electron chi connectivity index (χ0n) is 6.80. The van der Waals surface area contributed by atoms with E-state index in [1.807, 2.05) is 22.6 Å². The zero-order valence-corrected chi connectivity index (χ0v) is 9.72. The molecule has 0 saturated carbocycles. The second-order valence-corrected chi connectivity index (χ2v) is 3.99. The molecule has 0 aromatic heterocycles. The molecule has 0 aliphatic carbocycles. The van der Waals surface area contributed by atoms with Gasteiger partial charge in [-0.2, -0.15) is 0 Å². The molecule has 68 valence electrons. The van der Waals surface area contributed by atoms with E-state index >= 15 is 0 Å². The number of hydrogen-bond donors (Lipinski definition) is 0. The molecule has 13 heavy (non-hydrogen) atoms. The summed E-state index contributed by atoms with van der Waals surface area (Å²) < 4.78 is 0.618. The number of halogens is 2. The first-order valence-corrected chi connectivity index (χ1v) is 4.97. The van der Waals surface area contributed by atoms with E-state index in [4.69, 9.17) is 11.6 Å². The predicted molar refractivity (Wildman–Crippen MR) is 59.6 cm³/mol. The average molecular weight is 309 g/mol. The summed E-state index contributed by atoms with van der Waals surface area (Å²) in [4.78, 5) is 21.7. The van der Waals surface area contributed by atoms with Gasteiger partial charge in [-0.25, -0.2) is 0 Å². The summed E-state index contributed by atoms with van der Waals surface area (Å²) in [6.45, 7) is 1.43. The summed E-state index contributed by atoms with van der Waals surface area (Å²) in [6, 6.07) is 3.16. The summed E-state index contributed by atoms with van der Waals surface area (Å²) in [6.07, 6.45) is 0.713. The van der Waals surface area contributed by atoms with Crippen LogP contribution >= 0.6 is 34.2 Å². The molecule has 1 aromatic carbocycles. The maximum Gasteiger partial charge on any atom is 0.162 e. The number of aldehydes is 1. The van der Waals surface area contributed by atoms with Crippen LogP contribution in [-0.2, 0) is 0 Å². The molecule has 4 heteroatoms. The molecule has 0 saturated heterocycles. The summed E-state index contributed by atoms with van der Waals surface area (Å²) in [5.41, 5.74) is 0.919. The van der Waals surface area contributed by atoms with Crippen molar-refractivity contribution in [1.82, 2.24) is 0 Å². The quantitative estimate of drug-likeness (QED) is 0.478. The summed E-state index contributed by atoms with van der Waals surface area (Å²) >= 11 is 7.76. The van der Waals surface area contributed by atoms with E-state index < -0.39 is 0 Å². The fourth-order valence-corrected chi connectivity index (χ4v) is 2.41. The lowest BCUT2D eigenvalue weighted by Crippen LogP contribution is -2.00. The second-order valence-electron chi connectivity index (χ2n) is 2.50. The third kappa shape index (κ3) is 2.08. The number of hydrogen-bond acceptors (Lipinski definition) is 2. The van der Waals surface area contributed by atoms with E-state index in [-0.39, 0.29) is 5.78 Å². The number of Topliss-reactive ketones (excluding diaryl/α,β-unsaturated/α-hetero) is 1. The van der Waals surface area contributed by atoms with Crippen LogP contribution in [0.15, 0.2) is 12.1 Å².